The zero-order valence-corrected chi connectivity index (χ0v) is 12.2. The summed E-state index contributed by atoms with van der Waals surface area (Å²) in [5, 5.41) is 14.0. The molecule has 0 bridgehead atoms. The van der Waals surface area contributed by atoms with Crippen molar-refractivity contribution in [1.82, 2.24) is 10.0 Å². The smallest absolute Gasteiger partial charge is 0.273 e. The van der Waals surface area contributed by atoms with Crippen molar-refractivity contribution < 1.29 is 13.3 Å². The minimum Gasteiger partial charge on any atom is -0.315 e. The van der Waals surface area contributed by atoms with Crippen molar-refractivity contribution in [1.29, 1.82) is 0 Å². The van der Waals surface area contributed by atoms with Crippen LogP contribution in [0.25, 0.3) is 0 Å². The molecule has 2 rings (SSSR count). The highest BCUT2D eigenvalue weighted by atomic mass is 32.2. The van der Waals surface area contributed by atoms with E-state index in [0.717, 1.165) is 12.6 Å². The quantitative estimate of drug-likeness (QED) is 0.634. The lowest BCUT2D eigenvalue weighted by Gasteiger charge is -2.13. The Balaban J connectivity index is 2.38. The van der Waals surface area contributed by atoms with Gasteiger partial charge in [-0.3, -0.25) is 10.1 Å². The van der Waals surface area contributed by atoms with Crippen LogP contribution in [0.15, 0.2) is 17.0 Å². The van der Waals surface area contributed by atoms with Crippen LogP contribution >= 0.6 is 0 Å². The second kappa shape index (κ2) is 5.47. The Hall–Kier alpha value is -1.51. The maximum Gasteiger partial charge on any atom is 0.273 e. The molecule has 1 aliphatic heterocycles. The largest absolute Gasteiger partial charge is 0.315 e. The third-order valence-corrected chi connectivity index (χ3v) is 5.00. The molecule has 0 amide bonds. The van der Waals surface area contributed by atoms with Crippen molar-refractivity contribution in [2.75, 3.05) is 13.1 Å². The van der Waals surface area contributed by atoms with Crippen LogP contribution in [0.3, 0.4) is 0 Å². The molecule has 0 aromatic heterocycles. The molecule has 1 aliphatic rings. The Kier molecular flexibility index (Phi) is 4.07. The molecule has 0 radical (unpaired) electrons. The fourth-order valence-electron chi connectivity index (χ4n) is 2.20. The van der Waals surface area contributed by atoms with Crippen molar-refractivity contribution in [3.05, 3.63) is 33.4 Å². The van der Waals surface area contributed by atoms with E-state index in [1.54, 1.807) is 13.8 Å². The maximum atomic E-state index is 12.3. The minimum atomic E-state index is -3.73. The summed E-state index contributed by atoms with van der Waals surface area (Å²) < 4.78 is 27.1. The number of aryl methyl sites for hydroxylation is 1. The molecule has 0 aliphatic carbocycles. The van der Waals surface area contributed by atoms with Gasteiger partial charge in [-0.25, -0.2) is 13.1 Å². The van der Waals surface area contributed by atoms with Crippen LogP contribution < -0.4 is 10.0 Å². The standard InChI is InChI=1S/C12H17N3O4S/c1-8-5-11(6-12(9(8)2)15(16)17)20(18,19)14-10-3-4-13-7-10/h5-6,10,13-14H,3-4,7H2,1-2H3. The second-order valence-corrected chi connectivity index (χ2v) is 6.67. The van der Waals surface area contributed by atoms with Crippen molar-refractivity contribution in [3.8, 4) is 0 Å². The summed E-state index contributed by atoms with van der Waals surface area (Å²) >= 11 is 0. The topological polar surface area (TPSA) is 101 Å². The van der Waals surface area contributed by atoms with Crippen molar-refractivity contribution in [2.45, 2.75) is 31.2 Å². The van der Waals surface area contributed by atoms with Gasteiger partial charge in [-0.05, 0) is 38.4 Å². The van der Waals surface area contributed by atoms with E-state index >= 15 is 0 Å². The number of nitrogens with one attached hydrogen (secondary N) is 2. The summed E-state index contributed by atoms with van der Waals surface area (Å²) in [5.74, 6) is 0. The van der Waals surface area contributed by atoms with Crippen LogP contribution in [0, 0.1) is 24.0 Å². The minimum absolute atomic E-state index is 0.0563. The average Bonchev–Trinajstić information content (AvgIpc) is 2.83. The van der Waals surface area contributed by atoms with E-state index in [0.29, 0.717) is 24.1 Å². The summed E-state index contributed by atoms with van der Waals surface area (Å²) in [6, 6.07) is 2.42. The molecule has 110 valence electrons. The van der Waals surface area contributed by atoms with E-state index in [-0.39, 0.29) is 16.6 Å². The molecule has 2 N–H and O–H groups in total. The molecule has 1 aromatic rings. The highest BCUT2D eigenvalue weighted by Crippen LogP contribution is 2.26. The molecule has 0 saturated carbocycles. The van der Waals surface area contributed by atoms with Crippen LogP contribution in [0.2, 0.25) is 0 Å². The highest BCUT2D eigenvalue weighted by Gasteiger charge is 2.25. The normalized spacial score (nSPS) is 19.2. The summed E-state index contributed by atoms with van der Waals surface area (Å²) in [6.45, 7) is 4.61. The monoisotopic (exact) mass is 299 g/mol. The lowest BCUT2D eigenvalue weighted by Crippen LogP contribution is -2.36. The Labute approximate surface area is 117 Å². The molecule has 1 saturated heterocycles. The van der Waals surface area contributed by atoms with E-state index < -0.39 is 14.9 Å². The average molecular weight is 299 g/mol. The van der Waals surface area contributed by atoms with Gasteiger partial charge in [-0.15, -0.1) is 0 Å². The Bertz CT molecular complexity index is 636. The van der Waals surface area contributed by atoms with Crippen LogP contribution in [0.5, 0.6) is 0 Å². The number of nitro groups is 1. The summed E-state index contributed by atoms with van der Waals surface area (Å²) in [6.07, 6.45) is 0.714. The molecule has 20 heavy (non-hydrogen) atoms. The Morgan fingerprint density at radius 2 is 2.10 bits per heavy atom. The van der Waals surface area contributed by atoms with Gasteiger partial charge in [-0.1, -0.05) is 0 Å². The second-order valence-electron chi connectivity index (χ2n) is 4.95. The third kappa shape index (κ3) is 2.97. The highest BCUT2D eigenvalue weighted by molar-refractivity contribution is 7.89. The van der Waals surface area contributed by atoms with Gasteiger partial charge < -0.3 is 5.32 Å². The molecular formula is C12H17N3O4S. The molecular weight excluding hydrogens is 282 g/mol. The first-order chi connectivity index (χ1) is 9.31. The summed E-state index contributed by atoms with van der Waals surface area (Å²) in [4.78, 5) is 10.4. The van der Waals surface area contributed by atoms with E-state index in [1.807, 2.05) is 0 Å². The zero-order chi connectivity index (χ0) is 14.9. The molecule has 1 aromatic carbocycles. The van der Waals surface area contributed by atoms with Crippen LogP contribution in [-0.4, -0.2) is 32.5 Å². The first kappa shape index (κ1) is 14.9. The summed E-state index contributed by atoms with van der Waals surface area (Å²) in [7, 11) is -3.73. The van der Waals surface area contributed by atoms with Gasteiger partial charge in [0.15, 0.2) is 0 Å². The molecule has 1 heterocycles. The van der Waals surface area contributed by atoms with Crippen LogP contribution in [0.4, 0.5) is 5.69 Å². The number of hydrogen-bond acceptors (Lipinski definition) is 5. The lowest BCUT2D eigenvalue weighted by molar-refractivity contribution is -0.385. The number of benzene rings is 1. The van der Waals surface area contributed by atoms with Gasteiger partial charge in [-0.2, -0.15) is 0 Å². The van der Waals surface area contributed by atoms with E-state index in [2.05, 4.69) is 10.0 Å². The predicted molar refractivity (Wildman–Crippen MR) is 74.2 cm³/mol. The predicted octanol–water partition coefficient (Wildman–Crippen LogP) is 0.852. The fraction of sp³-hybridized carbons (Fsp3) is 0.500. The third-order valence-electron chi connectivity index (χ3n) is 3.50. The molecule has 8 heteroatoms. The zero-order valence-electron chi connectivity index (χ0n) is 11.3. The van der Waals surface area contributed by atoms with Gasteiger partial charge >= 0.3 is 0 Å². The Morgan fingerprint density at radius 3 is 2.65 bits per heavy atom. The van der Waals surface area contributed by atoms with Crippen molar-refractivity contribution in [2.24, 2.45) is 0 Å². The van der Waals surface area contributed by atoms with E-state index in [9.17, 15) is 18.5 Å². The van der Waals surface area contributed by atoms with Gasteiger partial charge in [0.25, 0.3) is 5.69 Å². The number of hydrogen-bond donors (Lipinski definition) is 2. The van der Waals surface area contributed by atoms with Gasteiger partial charge in [0, 0.05) is 24.2 Å². The molecule has 1 unspecified atom stereocenters. The molecule has 1 atom stereocenters. The van der Waals surface area contributed by atoms with Crippen molar-refractivity contribution in [3.63, 3.8) is 0 Å². The molecule has 1 fully saturated rings. The SMILES string of the molecule is Cc1cc(S(=O)(=O)NC2CCNC2)cc([N+](=O)[O-])c1C. The number of nitro benzene ring substituents is 1. The number of rotatable bonds is 4. The summed E-state index contributed by atoms with van der Waals surface area (Å²) in [5.41, 5.74) is 0.899. The first-order valence-electron chi connectivity index (χ1n) is 6.30. The van der Waals surface area contributed by atoms with E-state index in [1.165, 1.54) is 6.07 Å². The maximum absolute atomic E-state index is 12.3. The van der Waals surface area contributed by atoms with Gasteiger partial charge in [0.2, 0.25) is 10.0 Å². The van der Waals surface area contributed by atoms with E-state index in [4.69, 9.17) is 0 Å². The number of nitrogens with zero attached hydrogens (tertiary/aromatic N) is 1. The lowest BCUT2D eigenvalue weighted by atomic mass is 10.1. The van der Waals surface area contributed by atoms with Crippen LogP contribution in [0.1, 0.15) is 17.5 Å². The Morgan fingerprint density at radius 1 is 1.40 bits per heavy atom. The van der Waals surface area contributed by atoms with Crippen LogP contribution in [-0.2, 0) is 10.0 Å². The number of sulfonamides is 1. The first-order valence-corrected chi connectivity index (χ1v) is 7.78. The van der Waals surface area contributed by atoms with Gasteiger partial charge in [0.05, 0.1) is 9.82 Å². The van der Waals surface area contributed by atoms with Crippen molar-refractivity contribution >= 4 is 15.7 Å². The fourth-order valence-corrected chi connectivity index (χ4v) is 3.57. The molecule has 7 nitrogen and oxygen atoms in total. The molecule has 0 spiro atoms. The van der Waals surface area contributed by atoms with Gasteiger partial charge in [0.1, 0.15) is 0 Å².